The minimum Gasteiger partial charge on any atom is -0.357 e. The SMILES string of the molecule is CCNC(=NCCSc1ccc(C)cc1)NCC.I. The summed E-state index contributed by atoms with van der Waals surface area (Å²) < 4.78 is 0. The van der Waals surface area contributed by atoms with Gasteiger partial charge in [-0.3, -0.25) is 4.99 Å². The standard InChI is InChI=1S/C14H23N3S.HI/c1-4-15-14(16-5-2)17-10-11-18-13-8-6-12(3)7-9-13;/h6-9H,4-5,10-11H2,1-3H3,(H2,15,16,17);1H. The molecule has 1 rings (SSSR count). The molecule has 0 fully saturated rings. The van der Waals surface area contributed by atoms with Gasteiger partial charge in [-0.25, -0.2) is 0 Å². The Morgan fingerprint density at radius 3 is 2.21 bits per heavy atom. The summed E-state index contributed by atoms with van der Waals surface area (Å²) in [5.41, 5.74) is 1.30. The summed E-state index contributed by atoms with van der Waals surface area (Å²) in [7, 11) is 0. The predicted octanol–water partition coefficient (Wildman–Crippen LogP) is 3.28. The molecule has 2 N–H and O–H groups in total. The smallest absolute Gasteiger partial charge is 0.191 e. The molecule has 5 heteroatoms. The molecule has 0 bridgehead atoms. The van der Waals surface area contributed by atoms with Crippen LogP contribution in [0.25, 0.3) is 0 Å². The zero-order valence-corrected chi connectivity index (χ0v) is 15.0. The molecule has 19 heavy (non-hydrogen) atoms. The van der Waals surface area contributed by atoms with E-state index in [0.717, 1.165) is 31.3 Å². The van der Waals surface area contributed by atoms with Crippen molar-refractivity contribution in [3.05, 3.63) is 29.8 Å². The van der Waals surface area contributed by atoms with Gasteiger partial charge >= 0.3 is 0 Å². The number of nitrogens with one attached hydrogen (secondary N) is 2. The number of thioether (sulfide) groups is 1. The number of rotatable bonds is 6. The van der Waals surface area contributed by atoms with Gasteiger partial charge in [0.05, 0.1) is 6.54 Å². The van der Waals surface area contributed by atoms with E-state index in [1.807, 2.05) is 11.8 Å². The lowest BCUT2D eigenvalue weighted by Crippen LogP contribution is -2.37. The summed E-state index contributed by atoms with van der Waals surface area (Å²) in [6.07, 6.45) is 0. The summed E-state index contributed by atoms with van der Waals surface area (Å²) in [4.78, 5) is 5.82. The predicted molar refractivity (Wildman–Crippen MR) is 97.0 cm³/mol. The van der Waals surface area contributed by atoms with E-state index in [1.165, 1.54) is 10.5 Å². The first-order valence-electron chi connectivity index (χ1n) is 6.48. The Hall–Kier alpha value is -0.430. The fraction of sp³-hybridized carbons (Fsp3) is 0.500. The zero-order chi connectivity index (χ0) is 13.2. The second-order valence-corrected chi connectivity index (χ2v) is 5.12. The highest BCUT2D eigenvalue weighted by atomic mass is 127. The number of aryl methyl sites for hydroxylation is 1. The summed E-state index contributed by atoms with van der Waals surface area (Å²) in [6.45, 7) is 8.89. The van der Waals surface area contributed by atoms with Crippen molar-refractivity contribution in [1.82, 2.24) is 10.6 Å². The maximum Gasteiger partial charge on any atom is 0.191 e. The average molecular weight is 393 g/mol. The van der Waals surface area contributed by atoms with Crippen LogP contribution in [0.5, 0.6) is 0 Å². The van der Waals surface area contributed by atoms with Gasteiger partial charge in [0.2, 0.25) is 0 Å². The van der Waals surface area contributed by atoms with Crippen molar-refractivity contribution in [2.75, 3.05) is 25.4 Å². The highest BCUT2D eigenvalue weighted by molar-refractivity contribution is 14.0. The summed E-state index contributed by atoms with van der Waals surface area (Å²) in [6, 6.07) is 8.63. The molecule has 0 atom stereocenters. The molecule has 0 heterocycles. The first-order valence-corrected chi connectivity index (χ1v) is 7.46. The van der Waals surface area contributed by atoms with E-state index in [-0.39, 0.29) is 24.0 Å². The van der Waals surface area contributed by atoms with Crippen molar-refractivity contribution >= 4 is 41.7 Å². The topological polar surface area (TPSA) is 36.4 Å². The van der Waals surface area contributed by atoms with Crippen LogP contribution in [0.1, 0.15) is 19.4 Å². The van der Waals surface area contributed by atoms with Crippen LogP contribution in [0.3, 0.4) is 0 Å². The third-order valence-electron chi connectivity index (χ3n) is 2.34. The van der Waals surface area contributed by atoms with Crippen molar-refractivity contribution in [2.24, 2.45) is 4.99 Å². The lowest BCUT2D eigenvalue weighted by atomic mass is 10.2. The van der Waals surface area contributed by atoms with Crippen LogP contribution in [0, 0.1) is 6.92 Å². The van der Waals surface area contributed by atoms with Crippen LogP contribution in [0.15, 0.2) is 34.2 Å². The van der Waals surface area contributed by atoms with E-state index in [1.54, 1.807) is 0 Å². The maximum atomic E-state index is 4.51. The fourth-order valence-electron chi connectivity index (χ4n) is 1.46. The van der Waals surface area contributed by atoms with Gasteiger partial charge in [0.25, 0.3) is 0 Å². The fourth-order valence-corrected chi connectivity index (χ4v) is 2.21. The van der Waals surface area contributed by atoms with Gasteiger partial charge in [0.15, 0.2) is 5.96 Å². The van der Waals surface area contributed by atoms with Crippen molar-refractivity contribution < 1.29 is 0 Å². The highest BCUT2D eigenvalue weighted by Gasteiger charge is 1.95. The minimum absolute atomic E-state index is 0. The van der Waals surface area contributed by atoms with Crippen LogP contribution in [0.2, 0.25) is 0 Å². The van der Waals surface area contributed by atoms with E-state index >= 15 is 0 Å². The Balaban J connectivity index is 0.00000324. The van der Waals surface area contributed by atoms with Crippen LogP contribution >= 0.6 is 35.7 Å². The zero-order valence-electron chi connectivity index (χ0n) is 11.9. The van der Waals surface area contributed by atoms with Crippen LogP contribution in [0.4, 0.5) is 0 Å². The molecule has 0 aliphatic carbocycles. The van der Waals surface area contributed by atoms with Gasteiger partial charge in [0, 0.05) is 23.7 Å². The van der Waals surface area contributed by atoms with Crippen LogP contribution in [-0.4, -0.2) is 31.3 Å². The molecule has 0 saturated heterocycles. The second kappa shape index (κ2) is 11.4. The van der Waals surface area contributed by atoms with Crippen molar-refractivity contribution in [1.29, 1.82) is 0 Å². The average Bonchev–Trinajstić information content (AvgIpc) is 2.37. The summed E-state index contributed by atoms with van der Waals surface area (Å²) in [5.74, 6) is 1.91. The Morgan fingerprint density at radius 2 is 1.68 bits per heavy atom. The van der Waals surface area contributed by atoms with Gasteiger partial charge in [0.1, 0.15) is 0 Å². The number of guanidine groups is 1. The third-order valence-corrected chi connectivity index (χ3v) is 3.33. The van der Waals surface area contributed by atoms with Gasteiger partial charge in [-0.1, -0.05) is 17.7 Å². The van der Waals surface area contributed by atoms with Crippen molar-refractivity contribution in [2.45, 2.75) is 25.7 Å². The molecule has 0 radical (unpaired) electrons. The third kappa shape index (κ3) is 8.36. The molecular weight excluding hydrogens is 369 g/mol. The number of benzene rings is 1. The monoisotopic (exact) mass is 393 g/mol. The number of aliphatic imine (C=N–C) groups is 1. The molecule has 1 aromatic carbocycles. The molecule has 0 aliphatic heterocycles. The van der Waals surface area contributed by atoms with Crippen molar-refractivity contribution in [3.63, 3.8) is 0 Å². The first kappa shape index (κ1) is 18.6. The number of hydrogen-bond donors (Lipinski definition) is 2. The lowest BCUT2D eigenvalue weighted by molar-refractivity contribution is 0.846. The van der Waals surface area contributed by atoms with E-state index in [0.29, 0.717) is 0 Å². The number of halogens is 1. The van der Waals surface area contributed by atoms with Gasteiger partial charge in [-0.2, -0.15) is 0 Å². The largest absolute Gasteiger partial charge is 0.357 e. The second-order valence-electron chi connectivity index (χ2n) is 3.95. The number of hydrogen-bond acceptors (Lipinski definition) is 2. The molecule has 0 unspecified atom stereocenters. The molecule has 0 spiro atoms. The highest BCUT2D eigenvalue weighted by Crippen LogP contribution is 2.17. The Morgan fingerprint density at radius 1 is 1.11 bits per heavy atom. The van der Waals surface area contributed by atoms with Crippen LogP contribution in [-0.2, 0) is 0 Å². The molecule has 108 valence electrons. The van der Waals surface area contributed by atoms with Crippen LogP contribution < -0.4 is 10.6 Å². The Bertz CT molecular complexity index is 357. The first-order chi connectivity index (χ1) is 8.76. The van der Waals surface area contributed by atoms with Gasteiger partial charge < -0.3 is 10.6 Å². The number of nitrogens with zero attached hydrogens (tertiary/aromatic N) is 1. The molecule has 0 aliphatic rings. The van der Waals surface area contributed by atoms with E-state index in [4.69, 9.17) is 0 Å². The van der Waals surface area contributed by atoms with Gasteiger partial charge in [-0.05, 0) is 32.9 Å². The summed E-state index contributed by atoms with van der Waals surface area (Å²) in [5, 5.41) is 6.44. The minimum atomic E-state index is 0. The molecule has 1 aromatic rings. The normalized spacial score (nSPS) is 9.42. The molecular formula is C14H24IN3S. The van der Waals surface area contributed by atoms with Gasteiger partial charge in [-0.15, -0.1) is 35.7 Å². The van der Waals surface area contributed by atoms with E-state index < -0.39 is 0 Å². The van der Waals surface area contributed by atoms with E-state index in [2.05, 4.69) is 60.7 Å². The molecule has 0 saturated carbocycles. The van der Waals surface area contributed by atoms with E-state index in [9.17, 15) is 0 Å². The van der Waals surface area contributed by atoms with Crippen molar-refractivity contribution in [3.8, 4) is 0 Å². The Labute approximate surface area is 138 Å². The Kier molecular flexibility index (Phi) is 11.1. The lowest BCUT2D eigenvalue weighted by Gasteiger charge is -2.08. The molecule has 3 nitrogen and oxygen atoms in total. The maximum absolute atomic E-state index is 4.51. The molecule has 0 amide bonds. The summed E-state index contributed by atoms with van der Waals surface area (Å²) >= 11 is 1.84. The molecule has 0 aromatic heterocycles. The quantitative estimate of drug-likeness (QED) is 0.256.